The zero-order valence-electron chi connectivity index (χ0n) is 11.7. The molecule has 0 radical (unpaired) electrons. The van der Waals surface area contributed by atoms with Gasteiger partial charge in [-0.15, -0.1) is 0 Å². The van der Waals surface area contributed by atoms with E-state index < -0.39 is 12.1 Å². The second kappa shape index (κ2) is 7.75. The minimum absolute atomic E-state index is 0.299. The van der Waals surface area contributed by atoms with Gasteiger partial charge in [0.25, 0.3) is 5.91 Å². The maximum absolute atomic E-state index is 11.6. The highest BCUT2D eigenvalue weighted by atomic mass is 35.5. The van der Waals surface area contributed by atoms with E-state index in [0.717, 1.165) is 5.56 Å². The van der Waals surface area contributed by atoms with E-state index in [1.807, 2.05) is 13.0 Å². The lowest BCUT2D eigenvalue weighted by Crippen LogP contribution is -2.36. The van der Waals surface area contributed by atoms with Crippen molar-refractivity contribution in [3.63, 3.8) is 0 Å². The van der Waals surface area contributed by atoms with Gasteiger partial charge in [0.15, 0.2) is 12.7 Å². The second-order valence-electron chi connectivity index (χ2n) is 4.25. The lowest BCUT2D eigenvalue weighted by Gasteiger charge is -2.13. The molecule has 1 rings (SSSR count). The molecule has 1 amide bonds. The summed E-state index contributed by atoms with van der Waals surface area (Å²) in [5.74, 6) is -0.551. The highest BCUT2D eigenvalue weighted by Crippen LogP contribution is 2.25. The van der Waals surface area contributed by atoms with Gasteiger partial charge in [0.1, 0.15) is 5.75 Å². The van der Waals surface area contributed by atoms with Crippen LogP contribution in [0.5, 0.6) is 5.75 Å². The lowest BCUT2D eigenvalue weighted by molar-refractivity contribution is -0.156. The van der Waals surface area contributed by atoms with Crippen LogP contribution in [0.4, 0.5) is 0 Å². The Labute approximate surface area is 123 Å². The van der Waals surface area contributed by atoms with E-state index in [1.54, 1.807) is 19.1 Å². The Morgan fingerprint density at radius 3 is 2.75 bits per heavy atom. The molecule has 20 heavy (non-hydrogen) atoms. The second-order valence-corrected chi connectivity index (χ2v) is 4.66. The van der Waals surface area contributed by atoms with E-state index in [2.05, 4.69) is 5.32 Å². The first-order chi connectivity index (χ1) is 9.43. The first-order valence-corrected chi connectivity index (χ1v) is 6.68. The number of hydrogen-bond acceptors (Lipinski definition) is 4. The highest BCUT2D eigenvalue weighted by molar-refractivity contribution is 6.32. The standard InChI is InChI=1S/C14H18ClNO4/c1-4-16-14(18)10(3)20-13(17)8-19-12-7-9(2)5-6-11(12)15/h5-7,10H,4,8H2,1-3H3,(H,16,18)/t10-/m1/s1. The molecule has 0 unspecified atom stereocenters. The molecule has 1 aromatic carbocycles. The highest BCUT2D eigenvalue weighted by Gasteiger charge is 2.17. The van der Waals surface area contributed by atoms with Gasteiger partial charge in [-0.25, -0.2) is 4.79 Å². The molecule has 0 spiro atoms. The molecule has 0 saturated carbocycles. The molecule has 1 aromatic rings. The topological polar surface area (TPSA) is 64.6 Å². The summed E-state index contributed by atoms with van der Waals surface area (Å²) < 4.78 is 10.2. The quantitative estimate of drug-likeness (QED) is 0.817. The van der Waals surface area contributed by atoms with Gasteiger partial charge in [0.05, 0.1) is 5.02 Å². The number of aryl methyl sites for hydroxylation is 1. The Morgan fingerprint density at radius 2 is 2.10 bits per heavy atom. The van der Waals surface area contributed by atoms with Gasteiger partial charge in [-0.3, -0.25) is 4.79 Å². The summed E-state index contributed by atoms with van der Waals surface area (Å²) in [5, 5.41) is 2.98. The number of halogens is 1. The van der Waals surface area contributed by atoms with Gasteiger partial charge in [-0.1, -0.05) is 17.7 Å². The molecule has 0 bridgehead atoms. The predicted molar refractivity (Wildman–Crippen MR) is 75.9 cm³/mol. The molecule has 0 heterocycles. The van der Waals surface area contributed by atoms with Crippen molar-refractivity contribution in [2.45, 2.75) is 26.9 Å². The van der Waals surface area contributed by atoms with E-state index in [9.17, 15) is 9.59 Å². The van der Waals surface area contributed by atoms with Crippen LogP contribution in [0.1, 0.15) is 19.4 Å². The molecule has 0 aliphatic carbocycles. The van der Waals surface area contributed by atoms with Crippen LogP contribution in [0.25, 0.3) is 0 Å². The third-order valence-electron chi connectivity index (χ3n) is 2.46. The number of benzene rings is 1. The van der Waals surface area contributed by atoms with Crippen molar-refractivity contribution in [2.24, 2.45) is 0 Å². The zero-order valence-corrected chi connectivity index (χ0v) is 12.5. The Balaban J connectivity index is 2.47. The first kappa shape index (κ1) is 16.3. The van der Waals surface area contributed by atoms with E-state index in [-0.39, 0.29) is 12.5 Å². The molecule has 0 fully saturated rings. The van der Waals surface area contributed by atoms with Crippen LogP contribution in [-0.2, 0) is 14.3 Å². The van der Waals surface area contributed by atoms with Crippen LogP contribution in [0.15, 0.2) is 18.2 Å². The van der Waals surface area contributed by atoms with E-state index in [1.165, 1.54) is 6.92 Å². The Bertz CT molecular complexity index is 490. The predicted octanol–water partition coefficient (Wildman–Crippen LogP) is 2.10. The van der Waals surface area contributed by atoms with E-state index in [0.29, 0.717) is 17.3 Å². The summed E-state index contributed by atoms with van der Waals surface area (Å²) in [6.45, 7) is 5.36. The van der Waals surface area contributed by atoms with E-state index >= 15 is 0 Å². The summed E-state index contributed by atoms with van der Waals surface area (Å²) in [7, 11) is 0. The SMILES string of the molecule is CCNC(=O)[C@@H](C)OC(=O)COc1cc(C)ccc1Cl. The van der Waals surface area contributed by atoms with Crippen LogP contribution < -0.4 is 10.1 Å². The van der Waals surface area contributed by atoms with Crippen molar-refractivity contribution in [1.82, 2.24) is 5.32 Å². The fraction of sp³-hybridized carbons (Fsp3) is 0.429. The summed E-state index contributed by atoms with van der Waals surface area (Å²) in [6.07, 6.45) is -0.848. The molecule has 1 atom stereocenters. The summed E-state index contributed by atoms with van der Waals surface area (Å²) in [4.78, 5) is 23.0. The van der Waals surface area contributed by atoms with Crippen LogP contribution in [0.2, 0.25) is 5.02 Å². The van der Waals surface area contributed by atoms with Crippen molar-refractivity contribution < 1.29 is 19.1 Å². The maximum atomic E-state index is 11.6. The van der Waals surface area contributed by atoms with Crippen LogP contribution in [-0.4, -0.2) is 31.1 Å². The third kappa shape index (κ3) is 5.09. The number of nitrogens with one attached hydrogen (secondary N) is 1. The number of likely N-dealkylation sites (N-methyl/N-ethyl adjacent to an activating group) is 1. The lowest BCUT2D eigenvalue weighted by atomic mass is 10.2. The molecule has 6 heteroatoms. The van der Waals surface area contributed by atoms with Gasteiger partial charge >= 0.3 is 5.97 Å². The Kier molecular flexibility index (Phi) is 6.31. The molecule has 0 saturated heterocycles. The minimum atomic E-state index is -0.848. The number of rotatable bonds is 6. The molecular formula is C14H18ClNO4. The summed E-state index contributed by atoms with van der Waals surface area (Å²) in [5.41, 5.74) is 0.966. The van der Waals surface area contributed by atoms with E-state index in [4.69, 9.17) is 21.1 Å². The minimum Gasteiger partial charge on any atom is -0.480 e. The van der Waals surface area contributed by atoms with Crippen molar-refractivity contribution in [3.8, 4) is 5.75 Å². The van der Waals surface area contributed by atoms with Crippen molar-refractivity contribution >= 4 is 23.5 Å². The van der Waals surface area contributed by atoms with Crippen molar-refractivity contribution in [1.29, 1.82) is 0 Å². The van der Waals surface area contributed by atoms with Gasteiger partial charge in [0, 0.05) is 6.54 Å². The Morgan fingerprint density at radius 1 is 1.40 bits per heavy atom. The molecule has 0 aliphatic rings. The fourth-order valence-corrected chi connectivity index (χ4v) is 1.63. The smallest absolute Gasteiger partial charge is 0.344 e. The first-order valence-electron chi connectivity index (χ1n) is 6.30. The zero-order chi connectivity index (χ0) is 15.1. The van der Waals surface area contributed by atoms with Crippen molar-refractivity contribution in [2.75, 3.05) is 13.2 Å². The molecule has 0 aliphatic heterocycles. The molecular weight excluding hydrogens is 282 g/mol. The molecule has 5 nitrogen and oxygen atoms in total. The van der Waals surface area contributed by atoms with Crippen LogP contribution >= 0.6 is 11.6 Å². The molecule has 1 N–H and O–H groups in total. The van der Waals surface area contributed by atoms with Crippen LogP contribution in [0.3, 0.4) is 0 Å². The number of esters is 1. The number of amides is 1. The summed E-state index contributed by atoms with van der Waals surface area (Å²) in [6, 6.07) is 5.25. The van der Waals surface area contributed by atoms with Crippen molar-refractivity contribution in [3.05, 3.63) is 28.8 Å². The summed E-state index contributed by atoms with van der Waals surface area (Å²) >= 11 is 5.94. The number of carbonyl (C=O) groups excluding carboxylic acids is 2. The maximum Gasteiger partial charge on any atom is 0.344 e. The number of carbonyl (C=O) groups is 2. The molecule has 110 valence electrons. The number of hydrogen-bond donors (Lipinski definition) is 1. The van der Waals surface area contributed by atoms with Gasteiger partial charge < -0.3 is 14.8 Å². The third-order valence-corrected chi connectivity index (χ3v) is 2.77. The average molecular weight is 300 g/mol. The van der Waals surface area contributed by atoms with Crippen LogP contribution in [0, 0.1) is 6.92 Å². The average Bonchev–Trinajstić information content (AvgIpc) is 2.40. The monoisotopic (exact) mass is 299 g/mol. The Hall–Kier alpha value is -1.75. The normalized spacial score (nSPS) is 11.6. The number of ether oxygens (including phenoxy) is 2. The van der Waals surface area contributed by atoms with Gasteiger partial charge in [0.2, 0.25) is 0 Å². The van der Waals surface area contributed by atoms with Gasteiger partial charge in [-0.05, 0) is 38.5 Å². The van der Waals surface area contributed by atoms with Gasteiger partial charge in [-0.2, -0.15) is 0 Å². The fourth-order valence-electron chi connectivity index (χ4n) is 1.46. The molecule has 0 aromatic heterocycles. The largest absolute Gasteiger partial charge is 0.480 e.